The summed E-state index contributed by atoms with van der Waals surface area (Å²) in [6.45, 7) is 5.43. The van der Waals surface area contributed by atoms with Crippen molar-refractivity contribution >= 4 is 11.7 Å². The Kier molecular flexibility index (Phi) is 5.30. The van der Waals surface area contributed by atoms with Crippen molar-refractivity contribution in [3.8, 4) is 0 Å². The van der Waals surface area contributed by atoms with Crippen LogP contribution < -0.4 is 11.1 Å². The largest absolute Gasteiger partial charge is 0.345 e. The standard InChI is InChI=1S/C9H18N2O2/c1-4-7(9(13)6(2)3)11-8(12)5-10/h6-7H,4-5,10H2,1-3H3,(H,11,12). The summed E-state index contributed by atoms with van der Waals surface area (Å²) in [6, 6.07) is -0.379. The maximum Gasteiger partial charge on any atom is 0.234 e. The third-order valence-electron chi connectivity index (χ3n) is 1.84. The summed E-state index contributed by atoms with van der Waals surface area (Å²) in [6.07, 6.45) is 0.614. The first-order valence-electron chi connectivity index (χ1n) is 4.56. The smallest absolute Gasteiger partial charge is 0.234 e. The molecule has 0 heterocycles. The minimum Gasteiger partial charge on any atom is -0.345 e. The number of carbonyl (C=O) groups is 2. The predicted octanol–water partition coefficient (Wildman–Crippen LogP) is 0.0650. The highest BCUT2D eigenvalue weighted by Gasteiger charge is 2.20. The Morgan fingerprint density at radius 3 is 2.23 bits per heavy atom. The van der Waals surface area contributed by atoms with Crippen LogP contribution in [-0.4, -0.2) is 24.3 Å². The average Bonchev–Trinajstić information content (AvgIpc) is 2.12. The monoisotopic (exact) mass is 186 g/mol. The molecule has 0 aliphatic carbocycles. The normalized spacial score (nSPS) is 12.7. The molecular formula is C9H18N2O2. The summed E-state index contributed by atoms with van der Waals surface area (Å²) in [5.74, 6) is -0.270. The molecule has 0 bridgehead atoms. The van der Waals surface area contributed by atoms with Crippen LogP contribution in [0, 0.1) is 5.92 Å². The molecule has 4 heteroatoms. The van der Waals surface area contributed by atoms with Gasteiger partial charge in [0.25, 0.3) is 0 Å². The molecule has 0 rings (SSSR count). The van der Waals surface area contributed by atoms with E-state index < -0.39 is 0 Å². The summed E-state index contributed by atoms with van der Waals surface area (Å²) in [5, 5.41) is 2.58. The first-order chi connectivity index (χ1) is 6.02. The van der Waals surface area contributed by atoms with Crippen molar-refractivity contribution in [3.05, 3.63) is 0 Å². The van der Waals surface area contributed by atoms with E-state index in [0.717, 1.165) is 0 Å². The number of rotatable bonds is 5. The molecule has 0 aromatic carbocycles. The third kappa shape index (κ3) is 4.03. The Morgan fingerprint density at radius 1 is 1.38 bits per heavy atom. The van der Waals surface area contributed by atoms with E-state index in [1.807, 2.05) is 20.8 Å². The van der Waals surface area contributed by atoms with Crippen LogP contribution in [0.2, 0.25) is 0 Å². The number of nitrogens with two attached hydrogens (primary N) is 1. The zero-order chi connectivity index (χ0) is 10.4. The van der Waals surface area contributed by atoms with E-state index >= 15 is 0 Å². The molecule has 0 saturated carbocycles. The van der Waals surface area contributed by atoms with Gasteiger partial charge in [-0.3, -0.25) is 9.59 Å². The summed E-state index contributed by atoms with van der Waals surface area (Å²) in [4.78, 5) is 22.4. The Bertz CT molecular complexity index is 190. The molecule has 0 saturated heterocycles. The molecule has 1 amide bonds. The highest BCUT2D eigenvalue weighted by atomic mass is 16.2. The fourth-order valence-corrected chi connectivity index (χ4v) is 1.03. The van der Waals surface area contributed by atoms with Crippen molar-refractivity contribution in [1.29, 1.82) is 0 Å². The third-order valence-corrected chi connectivity index (χ3v) is 1.84. The zero-order valence-electron chi connectivity index (χ0n) is 8.46. The minimum absolute atomic E-state index is 0.0528. The molecule has 0 aromatic rings. The van der Waals surface area contributed by atoms with Crippen LogP contribution in [0.5, 0.6) is 0 Å². The van der Waals surface area contributed by atoms with Gasteiger partial charge in [0.15, 0.2) is 5.78 Å². The molecule has 0 fully saturated rings. The van der Waals surface area contributed by atoms with Crippen LogP contribution in [0.1, 0.15) is 27.2 Å². The lowest BCUT2D eigenvalue weighted by Crippen LogP contribution is -2.44. The molecule has 1 unspecified atom stereocenters. The molecule has 13 heavy (non-hydrogen) atoms. The van der Waals surface area contributed by atoms with Crippen molar-refractivity contribution in [2.75, 3.05) is 6.54 Å². The molecule has 0 spiro atoms. The molecular weight excluding hydrogens is 168 g/mol. The van der Waals surface area contributed by atoms with Crippen LogP contribution in [0.4, 0.5) is 0 Å². The van der Waals surface area contributed by atoms with Gasteiger partial charge in [0.05, 0.1) is 12.6 Å². The topological polar surface area (TPSA) is 72.2 Å². The molecule has 3 N–H and O–H groups in total. The Morgan fingerprint density at radius 2 is 1.92 bits per heavy atom. The minimum atomic E-state index is -0.379. The Hall–Kier alpha value is -0.900. The molecule has 76 valence electrons. The van der Waals surface area contributed by atoms with Gasteiger partial charge in [0, 0.05) is 5.92 Å². The lowest BCUT2D eigenvalue weighted by Gasteiger charge is -2.17. The van der Waals surface area contributed by atoms with Gasteiger partial charge in [0.1, 0.15) is 0 Å². The molecule has 0 aromatic heterocycles. The molecule has 4 nitrogen and oxygen atoms in total. The van der Waals surface area contributed by atoms with Crippen molar-refractivity contribution in [2.24, 2.45) is 11.7 Å². The van der Waals surface area contributed by atoms with Crippen LogP contribution in [-0.2, 0) is 9.59 Å². The maximum atomic E-state index is 11.5. The van der Waals surface area contributed by atoms with Crippen LogP contribution in [0.25, 0.3) is 0 Å². The SMILES string of the molecule is CCC(NC(=O)CN)C(=O)C(C)C. The van der Waals surface area contributed by atoms with Crippen LogP contribution in [0.3, 0.4) is 0 Å². The second-order valence-electron chi connectivity index (χ2n) is 3.29. The van der Waals surface area contributed by atoms with Crippen molar-refractivity contribution in [2.45, 2.75) is 33.2 Å². The lowest BCUT2D eigenvalue weighted by molar-refractivity contribution is -0.128. The van der Waals surface area contributed by atoms with E-state index in [4.69, 9.17) is 5.73 Å². The molecule has 1 atom stereocenters. The molecule has 0 radical (unpaired) electrons. The van der Waals surface area contributed by atoms with E-state index in [0.29, 0.717) is 6.42 Å². The number of amides is 1. The maximum absolute atomic E-state index is 11.5. The number of carbonyl (C=O) groups excluding carboxylic acids is 2. The van der Waals surface area contributed by atoms with Crippen LogP contribution in [0.15, 0.2) is 0 Å². The van der Waals surface area contributed by atoms with Gasteiger partial charge in [-0.1, -0.05) is 20.8 Å². The number of hydrogen-bond donors (Lipinski definition) is 2. The van der Waals surface area contributed by atoms with Crippen molar-refractivity contribution in [3.63, 3.8) is 0 Å². The average molecular weight is 186 g/mol. The number of nitrogens with one attached hydrogen (secondary N) is 1. The quantitative estimate of drug-likeness (QED) is 0.638. The summed E-state index contributed by atoms with van der Waals surface area (Å²) < 4.78 is 0. The first kappa shape index (κ1) is 12.1. The zero-order valence-corrected chi connectivity index (χ0v) is 8.46. The van der Waals surface area contributed by atoms with E-state index in [1.165, 1.54) is 0 Å². The lowest BCUT2D eigenvalue weighted by atomic mass is 10.00. The van der Waals surface area contributed by atoms with E-state index in [1.54, 1.807) is 0 Å². The van der Waals surface area contributed by atoms with Crippen LogP contribution >= 0.6 is 0 Å². The van der Waals surface area contributed by atoms with Crippen molar-refractivity contribution in [1.82, 2.24) is 5.32 Å². The fraction of sp³-hybridized carbons (Fsp3) is 0.778. The second kappa shape index (κ2) is 5.70. The summed E-state index contributed by atoms with van der Waals surface area (Å²) in [5.41, 5.74) is 5.13. The Labute approximate surface area is 78.9 Å². The highest BCUT2D eigenvalue weighted by Crippen LogP contribution is 2.02. The number of ketones is 1. The highest BCUT2D eigenvalue weighted by molar-refractivity contribution is 5.90. The van der Waals surface area contributed by atoms with E-state index in [2.05, 4.69) is 5.32 Å². The van der Waals surface area contributed by atoms with Gasteiger partial charge in [-0.25, -0.2) is 0 Å². The number of hydrogen-bond acceptors (Lipinski definition) is 3. The van der Waals surface area contributed by atoms with E-state index in [9.17, 15) is 9.59 Å². The molecule has 0 aliphatic rings. The van der Waals surface area contributed by atoms with Gasteiger partial charge in [-0.05, 0) is 6.42 Å². The first-order valence-corrected chi connectivity index (χ1v) is 4.56. The number of Topliss-reactive ketones (excluding diaryl/α,β-unsaturated/α-hetero) is 1. The van der Waals surface area contributed by atoms with Gasteiger partial charge >= 0.3 is 0 Å². The van der Waals surface area contributed by atoms with E-state index in [-0.39, 0.29) is 30.2 Å². The summed E-state index contributed by atoms with van der Waals surface area (Å²) >= 11 is 0. The molecule has 0 aliphatic heterocycles. The van der Waals surface area contributed by atoms with Gasteiger partial charge in [-0.15, -0.1) is 0 Å². The summed E-state index contributed by atoms with van der Waals surface area (Å²) in [7, 11) is 0. The van der Waals surface area contributed by atoms with Gasteiger partial charge in [-0.2, -0.15) is 0 Å². The second-order valence-corrected chi connectivity index (χ2v) is 3.29. The van der Waals surface area contributed by atoms with Gasteiger partial charge < -0.3 is 11.1 Å². The predicted molar refractivity (Wildman–Crippen MR) is 51.1 cm³/mol. The Balaban J connectivity index is 4.18. The fourth-order valence-electron chi connectivity index (χ4n) is 1.03. The van der Waals surface area contributed by atoms with Gasteiger partial charge in [0.2, 0.25) is 5.91 Å². The van der Waals surface area contributed by atoms with Crippen molar-refractivity contribution < 1.29 is 9.59 Å².